The fourth-order valence-corrected chi connectivity index (χ4v) is 1.25. The van der Waals surface area contributed by atoms with Crippen molar-refractivity contribution in [3.63, 3.8) is 0 Å². The van der Waals surface area contributed by atoms with Crippen LogP contribution in [0.4, 0.5) is 0 Å². The molecular weight excluding hydrogens is 120 g/mol. The normalized spacial score (nSPS) is 18.3. The molecule has 0 heterocycles. The predicted molar refractivity (Wildman–Crippen MR) is 45.6 cm³/mol. The first kappa shape index (κ1) is 7.33. The lowest BCUT2D eigenvalue weighted by Crippen LogP contribution is -1.79. The fourth-order valence-electron chi connectivity index (χ4n) is 1.25. The van der Waals surface area contributed by atoms with E-state index in [-0.39, 0.29) is 0 Å². The zero-order chi connectivity index (χ0) is 7.56. The average Bonchev–Trinajstić information content (AvgIpc) is 2.20. The quantitative estimate of drug-likeness (QED) is 0.508. The monoisotopic (exact) mass is 133 g/mol. The van der Waals surface area contributed by atoms with E-state index < -0.39 is 0 Å². The number of hydrogen-bond donors (Lipinski definition) is 0. The van der Waals surface area contributed by atoms with Crippen LogP contribution in [0.3, 0.4) is 0 Å². The standard InChI is InChI=1S/C10H13/c1-4-5-10-8(2)6-7-9(10)3/h4,7H,1-2,5-6H2,3H3. The largest absolute Gasteiger partial charge is 0.103 e. The minimum absolute atomic E-state index is 0.973. The average molecular weight is 133 g/mol. The molecule has 0 aromatic carbocycles. The molecule has 0 aromatic heterocycles. The Balaban J connectivity index is 2.77. The maximum absolute atomic E-state index is 3.97. The van der Waals surface area contributed by atoms with E-state index in [0.29, 0.717) is 0 Å². The Hall–Kier alpha value is -0.780. The van der Waals surface area contributed by atoms with Gasteiger partial charge >= 0.3 is 0 Å². The molecule has 0 heteroatoms. The van der Waals surface area contributed by atoms with Crippen molar-refractivity contribution in [3.05, 3.63) is 42.4 Å². The SMILES string of the molecule is C=CCC1=C(C)[CH]CC1=C. The summed E-state index contributed by atoms with van der Waals surface area (Å²) in [6, 6.07) is 0. The highest BCUT2D eigenvalue weighted by molar-refractivity contribution is 5.45. The molecule has 1 radical (unpaired) electrons. The van der Waals surface area contributed by atoms with E-state index >= 15 is 0 Å². The predicted octanol–water partition coefficient (Wildman–Crippen LogP) is 3.04. The van der Waals surface area contributed by atoms with Crippen LogP contribution < -0.4 is 0 Å². The number of allylic oxidation sites excluding steroid dienone is 4. The van der Waals surface area contributed by atoms with Crippen molar-refractivity contribution >= 4 is 0 Å². The smallest absolute Gasteiger partial charge is 0.00907 e. The molecule has 53 valence electrons. The van der Waals surface area contributed by atoms with Gasteiger partial charge in [0.1, 0.15) is 0 Å². The highest BCUT2D eigenvalue weighted by Crippen LogP contribution is 2.30. The lowest BCUT2D eigenvalue weighted by molar-refractivity contribution is 1.19. The van der Waals surface area contributed by atoms with E-state index in [0.717, 1.165) is 12.8 Å². The molecule has 0 unspecified atom stereocenters. The van der Waals surface area contributed by atoms with Gasteiger partial charge in [0.2, 0.25) is 0 Å². The molecule has 0 aliphatic heterocycles. The molecule has 10 heavy (non-hydrogen) atoms. The van der Waals surface area contributed by atoms with Gasteiger partial charge < -0.3 is 0 Å². The summed E-state index contributed by atoms with van der Waals surface area (Å²) in [5, 5.41) is 0. The first-order valence-electron chi connectivity index (χ1n) is 3.57. The topological polar surface area (TPSA) is 0 Å². The fraction of sp³-hybridized carbons (Fsp3) is 0.300. The Labute approximate surface area is 62.9 Å². The molecule has 0 atom stereocenters. The van der Waals surface area contributed by atoms with Crippen LogP contribution in [-0.2, 0) is 0 Å². The van der Waals surface area contributed by atoms with Gasteiger partial charge in [-0.2, -0.15) is 0 Å². The first-order chi connectivity index (χ1) is 4.75. The summed E-state index contributed by atoms with van der Waals surface area (Å²) in [6.45, 7) is 9.81. The second kappa shape index (κ2) is 2.87. The van der Waals surface area contributed by atoms with Crippen LogP contribution in [0, 0.1) is 6.42 Å². The molecule has 0 saturated carbocycles. The van der Waals surface area contributed by atoms with Crippen LogP contribution in [0.2, 0.25) is 0 Å². The summed E-state index contributed by atoms with van der Waals surface area (Å²) in [5.41, 5.74) is 4.03. The summed E-state index contributed by atoms with van der Waals surface area (Å²) in [4.78, 5) is 0. The number of hydrogen-bond acceptors (Lipinski definition) is 0. The molecule has 1 rings (SSSR count). The minimum Gasteiger partial charge on any atom is -0.103 e. The van der Waals surface area contributed by atoms with Crippen molar-refractivity contribution in [3.8, 4) is 0 Å². The Morgan fingerprint density at radius 1 is 1.70 bits per heavy atom. The van der Waals surface area contributed by atoms with Crippen molar-refractivity contribution in [2.24, 2.45) is 0 Å². The summed E-state index contributed by atoms with van der Waals surface area (Å²) in [7, 11) is 0. The lowest BCUT2D eigenvalue weighted by Gasteiger charge is -1.99. The zero-order valence-electron chi connectivity index (χ0n) is 6.48. The summed E-state index contributed by atoms with van der Waals surface area (Å²) < 4.78 is 0. The maximum Gasteiger partial charge on any atom is -0.00907 e. The molecule has 0 bridgehead atoms. The van der Waals surface area contributed by atoms with Crippen LogP contribution >= 0.6 is 0 Å². The zero-order valence-corrected chi connectivity index (χ0v) is 6.48. The molecule has 0 N–H and O–H groups in total. The van der Waals surface area contributed by atoms with Gasteiger partial charge in [-0.3, -0.25) is 0 Å². The summed E-state index contributed by atoms with van der Waals surface area (Å²) >= 11 is 0. The van der Waals surface area contributed by atoms with E-state index in [9.17, 15) is 0 Å². The van der Waals surface area contributed by atoms with Gasteiger partial charge in [-0.25, -0.2) is 0 Å². The Kier molecular flexibility index (Phi) is 2.10. The third-order valence-corrected chi connectivity index (χ3v) is 1.91. The van der Waals surface area contributed by atoms with Gasteiger partial charge in [-0.15, -0.1) is 6.58 Å². The molecule has 0 aromatic rings. The Bertz CT molecular complexity index is 194. The van der Waals surface area contributed by atoms with E-state index in [1.165, 1.54) is 16.7 Å². The highest BCUT2D eigenvalue weighted by atomic mass is 14.2. The second-order valence-corrected chi connectivity index (χ2v) is 2.67. The summed E-state index contributed by atoms with van der Waals surface area (Å²) in [6.07, 6.45) is 6.17. The number of rotatable bonds is 2. The van der Waals surface area contributed by atoms with Crippen LogP contribution in [0.15, 0.2) is 36.0 Å². The van der Waals surface area contributed by atoms with Gasteiger partial charge in [0.15, 0.2) is 0 Å². The lowest BCUT2D eigenvalue weighted by atomic mass is 10.1. The van der Waals surface area contributed by atoms with Crippen molar-refractivity contribution in [2.75, 3.05) is 0 Å². The third kappa shape index (κ3) is 1.21. The Morgan fingerprint density at radius 3 is 2.80 bits per heavy atom. The van der Waals surface area contributed by atoms with Gasteiger partial charge in [0.25, 0.3) is 0 Å². The highest BCUT2D eigenvalue weighted by Gasteiger charge is 2.12. The molecule has 0 saturated heterocycles. The van der Waals surface area contributed by atoms with Crippen LogP contribution in [0.1, 0.15) is 19.8 Å². The van der Waals surface area contributed by atoms with Crippen molar-refractivity contribution < 1.29 is 0 Å². The molecule has 0 fully saturated rings. The molecule has 1 aliphatic carbocycles. The Morgan fingerprint density at radius 2 is 2.40 bits per heavy atom. The van der Waals surface area contributed by atoms with E-state index in [1.54, 1.807) is 0 Å². The second-order valence-electron chi connectivity index (χ2n) is 2.67. The van der Waals surface area contributed by atoms with Crippen LogP contribution in [-0.4, -0.2) is 0 Å². The maximum atomic E-state index is 3.97. The summed E-state index contributed by atoms with van der Waals surface area (Å²) in [5.74, 6) is 0. The van der Waals surface area contributed by atoms with Gasteiger partial charge in [-0.1, -0.05) is 23.8 Å². The molecule has 0 amide bonds. The van der Waals surface area contributed by atoms with Gasteiger partial charge in [-0.05, 0) is 31.8 Å². The van der Waals surface area contributed by atoms with Crippen LogP contribution in [0.5, 0.6) is 0 Å². The molecule has 1 aliphatic rings. The third-order valence-electron chi connectivity index (χ3n) is 1.91. The minimum atomic E-state index is 0.973. The van der Waals surface area contributed by atoms with Crippen molar-refractivity contribution in [2.45, 2.75) is 19.8 Å². The van der Waals surface area contributed by atoms with Crippen molar-refractivity contribution in [1.82, 2.24) is 0 Å². The van der Waals surface area contributed by atoms with Crippen LogP contribution in [0.25, 0.3) is 0 Å². The van der Waals surface area contributed by atoms with E-state index in [1.807, 2.05) is 6.08 Å². The van der Waals surface area contributed by atoms with Gasteiger partial charge in [0.05, 0.1) is 0 Å². The first-order valence-corrected chi connectivity index (χ1v) is 3.57. The van der Waals surface area contributed by atoms with Gasteiger partial charge in [0, 0.05) is 0 Å². The molecule has 0 nitrogen and oxygen atoms in total. The molecular formula is C10H13. The molecule has 0 spiro atoms. The van der Waals surface area contributed by atoms with E-state index in [2.05, 4.69) is 26.5 Å². The van der Waals surface area contributed by atoms with E-state index in [4.69, 9.17) is 0 Å². The van der Waals surface area contributed by atoms with Crippen molar-refractivity contribution in [1.29, 1.82) is 0 Å².